The summed E-state index contributed by atoms with van der Waals surface area (Å²) in [5, 5.41) is 5.13. The third kappa shape index (κ3) is 14.2. The summed E-state index contributed by atoms with van der Waals surface area (Å²) in [6.07, 6.45) is 0. The van der Waals surface area contributed by atoms with Crippen LogP contribution in [0.25, 0.3) is 174 Å². The van der Waals surface area contributed by atoms with Gasteiger partial charge in [0.1, 0.15) is 0 Å². The molecule has 19 aromatic carbocycles. The highest BCUT2D eigenvalue weighted by molar-refractivity contribution is 7.27. The zero-order valence-corrected chi connectivity index (χ0v) is 69.4. The minimum Gasteiger partial charge on any atom is -0.311 e. The van der Waals surface area contributed by atoms with Crippen molar-refractivity contribution < 1.29 is 0 Å². The van der Waals surface area contributed by atoms with Crippen LogP contribution in [0.15, 0.2) is 485 Å². The molecule has 0 bridgehead atoms. The number of para-hydroxylation sites is 4. The number of aromatic nitrogens is 2. The zero-order valence-electron chi connectivity index (χ0n) is 67.8. The Kier molecular flexibility index (Phi) is 19.7. The summed E-state index contributed by atoms with van der Waals surface area (Å²) in [5.41, 5.74) is 35.7. The van der Waals surface area contributed by atoms with Crippen molar-refractivity contribution in [2.45, 2.75) is 0 Å². The smallest absolute Gasteiger partial charge is 0.0727 e. The topological polar surface area (TPSA) is 16.3 Å². The molecule has 584 valence electrons. The minimum absolute atomic E-state index is 1.10. The van der Waals surface area contributed by atoms with E-state index in [4.69, 9.17) is 0 Å². The number of thiophene rings is 2. The Labute approximate surface area is 729 Å². The molecule has 124 heavy (non-hydrogen) atoms. The summed E-state index contributed by atoms with van der Waals surface area (Å²) in [6, 6.07) is 175. The van der Waals surface area contributed by atoms with Crippen LogP contribution in [0.3, 0.4) is 0 Å². The maximum Gasteiger partial charge on any atom is 0.0727 e. The molecule has 23 rings (SSSR count). The fraction of sp³-hybridized carbons (Fsp3) is 0. The number of hydrogen-bond donors (Lipinski definition) is 0. The lowest BCUT2D eigenvalue weighted by Gasteiger charge is -2.26. The molecule has 0 aliphatic heterocycles. The molecule has 0 fully saturated rings. The monoisotopic (exact) mass is 1620 g/mol. The second kappa shape index (κ2) is 32.8. The van der Waals surface area contributed by atoms with Crippen LogP contribution in [-0.4, -0.2) is 9.13 Å². The van der Waals surface area contributed by atoms with Gasteiger partial charge in [0.15, 0.2) is 0 Å². The highest BCUT2D eigenvalue weighted by Gasteiger charge is 2.24. The molecule has 0 amide bonds. The second-order valence-electron chi connectivity index (χ2n) is 31.4. The van der Waals surface area contributed by atoms with Crippen molar-refractivity contribution in [3.8, 4) is 112 Å². The van der Waals surface area contributed by atoms with E-state index in [2.05, 4.69) is 504 Å². The Morgan fingerprint density at radius 1 is 0.145 bits per heavy atom. The second-order valence-corrected chi connectivity index (χ2v) is 33.5. The first-order valence-electron chi connectivity index (χ1n) is 42.2. The van der Waals surface area contributed by atoms with Crippen LogP contribution in [-0.2, 0) is 0 Å². The number of benzene rings is 19. The van der Waals surface area contributed by atoms with Gasteiger partial charge in [0.25, 0.3) is 0 Å². The first-order valence-corrected chi connectivity index (χ1v) is 43.9. The maximum absolute atomic E-state index is 2.43. The minimum atomic E-state index is 1.10. The summed E-state index contributed by atoms with van der Waals surface area (Å²) in [6.45, 7) is 0. The van der Waals surface area contributed by atoms with Crippen molar-refractivity contribution in [1.82, 2.24) is 9.13 Å². The third-order valence-electron chi connectivity index (χ3n) is 24.1. The molecule has 6 heteroatoms. The number of fused-ring (bicyclic) bond motifs is 10. The van der Waals surface area contributed by atoms with Crippen molar-refractivity contribution in [1.29, 1.82) is 0 Å². The van der Waals surface area contributed by atoms with Crippen LogP contribution in [0.5, 0.6) is 0 Å². The van der Waals surface area contributed by atoms with E-state index in [1.54, 1.807) is 0 Å². The SMILES string of the molecule is c1ccc(-c2ccc(-c3ccc(N(c4ccc(-c5ccc(-c6ccccc6)cc5)cc4)c4ccc(-c5cccc6c5sc5c7ccccc7n(-c7ccccc7)c65)cc4)cc3)cc2)cc1.c1ccc(-c2ccc(-c3ccc(N(c4ccc(-c5ccccc5)cc4)c4ccc(-c5cccc6c5sc5c7ccccc7n(-c7ccccc7)c65)cc4)cc3)cc2)cc1. The van der Waals surface area contributed by atoms with E-state index in [0.29, 0.717) is 0 Å². The number of anilines is 6. The Hall–Kier alpha value is -15.7. The maximum atomic E-state index is 2.43. The summed E-state index contributed by atoms with van der Waals surface area (Å²) in [7, 11) is 0. The Bertz CT molecular complexity index is 7580. The van der Waals surface area contributed by atoms with Crippen molar-refractivity contribution in [2.24, 2.45) is 0 Å². The summed E-state index contributed by atoms with van der Waals surface area (Å²) in [4.78, 5) is 4.72. The summed E-state index contributed by atoms with van der Waals surface area (Å²) >= 11 is 3.80. The van der Waals surface area contributed by atoms with Crippen molar-refractivity contribution >= 4 is 119 Å². The van der Waals surface area contributed by atoms with E-state index in [1.807, 2.05) is 22.7 Å². The van der Waals surface area contributed by atoms with Gasteiger partial charge in [0, 0.05) is 76.4 Å². The quantitative estimate of drug-likeness (QED) is 0.0903. The van der Waals surface area contributed by atoms with E-state index in [-0.39, 0.29) is 0 Å². The average Bonchev–Trinajstić information content (AvgIpc) is 1.56. The molecule has 0 radical (unpaired) electrons. The zero-order chi connectivity index (χ0) is 82.2. The molecule has 0 unspecified atom stereocenters. The Balaban J connectivity index is 0.000000148. The standard InChI is InChI=1S/C62H42N2S.C56H38N2S/c1-4-13-43(14-5-1)45-23-27-47(28-24-45)49-31-37-53(38-32-49)63(54-39-33-50(34-40-54)48-29-25-46(26-30-48)44-15-6-2-7-16-44)55-41-35-51(36-42-55)56-20-12-21-58-60-62(65-61(56)58)57-19-10-11-22-59(57)64(60)52-17-8-3-9-18-52;1-4-13-39(14-5-1)41-23-25-42(26-24-41)44-29-35-48(36-30-44)57(47-33-27-43(28-34-47)40-15-6-2-7-16-40)49-37-31-45(32-38-49)50-20-12-21-52-54-56(59-55(50)52)51-19-10-11-22-53(51)58(54)46-17-8-3-9-18-46/h1-42H;1-38H. The normalized spacial score (nSPS) is 11.4. The lowest BCUT2D eigenvalue weighted by molar-refractivity contribution is 1.19. The molecule has 0 saturated carbocycles. The molecule has 0 N–H and O–H groups in total. The molecule has 0 aliphatic rings. The van der Waals surface area contributed by atoms with Gasteiger partial charge in [0.05, 0.1) is 31.5 Å². The van der Waals surface area contributed by atoms with Gasteiger partial charge in [-0.05, 0) is 209 Å². The van der Waals surface area contributed by atoms with Gasteiger partial charge in [-0.25, -0.2) is 0 Å². The molecular formula is C118H80N4S2. The molecular weight excluding hydrogens is 1540 g/mol. The predicted octanol–water partition coefficient (Wildman–Crippen LogP) is 33.9. The van der Waals surface area contributed by atoms with Crippen LogP contribution >= 0.6 is 22.7 Å². The Morgan fingerprint density at radius 2 is 0.339 bits per heavy atom. The fourth-order valence-corrected chi connectivity index (χ4v) is 20.6. The summed E-state index contributed by atoms with van der Waals surface area (Å²) in [5.74, 6) is 0. The summed E-state index contributed by atoms with van der Waals surface area (Å²) < 4.78 is 10.1. The molecule has 4 aromatic heterocycles. The third-order valence-corrected chi connectivity index (χ3v) is 26.6. The first kappa shape index (κ1) is 74.6. The van der Waals surface area contributed by atoms with Gasteiger partial charge in [0.2, 0.25) is 0 Å². The molecule has 0 atom stereocenters. The van der Waals surface area contributed by atoms with E-state index >= 15 is 0 Å². The fourth-order valence-electron chi connectivity index (χ4n) is 17.9. The predicted molar refractivity (Wildman–Crippen MR) is 531 cm³/mol. The van der Waals surface area contributed by atoms with Crippen molar-refractivity contribution in [3.63, 3.8) is 0 Å². The van der Waals surface area contributed by atoms with Gasteiger partial charge in [-0.2, -0.15) is 0 Å². The first-order chi connectivity index (χ1) is 61.5. The average molecular weight is 1620 g/mol. The van der Waals surface area contributed by atoms with Crippen LogP contribution in [0, 0.1) is 0 Å². The van der Waals surface area contributed by atoms with E-state index < -0.39 is 0 Å². The molecule has 0 aliphatic carbocycles. The molecule has 0 saturated heterocycles. The molecule has 4 heterocycles. The van der Waals surface area contributed by atoms with E-state index in [9.17, 15) is 0 Å². The number of hydrogen-bond acceptors (Lipinski definition) is 4. The highest BCUT2D eigenvalue weighted by atomic mass is 32.1. The van der Waals surface area contributed by atoms with E-state index in [1.165, 1.54) is 174 Å². The number of rotatable bonds is 17. The van der Waals surface area contributed by atoms with Crippen molar-refractivity contribution in [2.75, 3.05) is 9.80 Å². The van der Waals surface area contributed by atoms with Gasteiger partial charge in [-0.1, -0.05) is 376 Å². The van der Waals surface area contributed by atoms with E-state index in [0.717, 1.165) is 34.1 Å². The van der Waals surface area contributed by atoms with Gasteiger partial charge in [-0.3, -0.25) is 0 Å². The molecule has 4 nitrogen and oxygen atoms in total. The van der Waals surface area contributed by atoms with Crippen LogP contribution < -0.4 is 9.80 Å². The van der Waals surface area contributed by atoms with Gasteiger partial charge >= 0.3 is 0 Å². The van der Waals surface area contributed by atoms with Crippen molar-refractivity contribution in [3.05, 3.63) is 485 Å². The molecule has 23 aromatic rings. The lowest BCUT2D eigenvalue weighted by atomic mass is 9.99. The largest absolute Gasteiger partial charge is 0.311 e. The Morgan fingerprint density at radius 3 is 0.589 bits per heavy atom. The van der Waals surface area contributed by atoms with Crippen LogP contribution in [0.2, 0.25) is 0 Å². The molecule has 0 spiro atoms. The van der Waals surface area contributed by atoms with Gasteiger partial charge < -0.3 is 18.9 Å². The highest BCUT2D eigenvalue weighted by Crippen LogP contribution is 2.50. The number of nitrogens with zero attached hydrogens (tertiary/aromatic N) is 4. The van der Waals surface area contributed by atoms with Crippen LogP contribution in [0.4, 0.5) is 34.1 Å². The van der Waals surface area contributed by atoms with Gasteiger partial charge in [-0.15, -0.1) is 22.7 Å². The lowest BCUT2D eigenvalue weighted by Crippen LogP contribution is -2.09. The van der Waals surface area contributed by atoms with Crippen LogP contribution in [0.1, 0.15) is 0 Å².